The van der Waals surface area contributed by atoms with E-state index in [4.69, 9.17) is 9.84 Å². The zero-order valence-electron chi connectivity index (χ0n) is 10.5. The van der Waals surface area contributed by atoms with E-state index in [1.165, 1.54) is 0 Å². The summed E-state index contributed by atoms with van der Waals surface area (Å²) < 4.78 is 5.53. The Labute approximate surface area is 97.6 Å². The Kier molecular flexibility index (Phi) is 4.74. The van der Waals surface area contributed by atoms with Crippen LogP contribution < -0.4 is 0 Å². The van der Waals surface area contributed by atoms with Crippen molar-refractivity contribution in [2.24, 2.45) is 0 Å². The van der Waals surface area contributed by atoms with Gasteiger partial charge in [-0.05, 0) is 32.9 Å². The molecule has 0 radical (unpaired) electrons. The van der Waals surface area contributed by atoms with E-state index in [0.717, 1.165) is 25.9 Å². The second-order valence-electron chi connectivity index (χ2n) is 4.45. The molecule has 1 aliphatic rings. The highest BCUT2D eigenvalue weighted by Crippen LogP contribution is 2.42. The van der Waals surface area contributed by atoms with Crippen LogP contribution in [0.2, 0.25) is 0 Å². The Bertz CT molecular complexity index is 232. The van der Waals surface area contributed by atoms with Gasteiger partial charge in [0.25, 0.3) is 0 Å². The molecule has 1 N–H and O–H groups in total. The lowest BCUT2D eigenvalue weighted by atomic mass is 9.70. The summed E-state index contributed by atoms with van der Waals surface area (Å²) in [6, 6.07) is 0. The van der Waals surface area contributed by atoms with Crippen LogP contribution >= 0.6 is 0 Å². The molecule has 0 amide bonds. The zero-order chi connectivity index (χ0) is 12.2. The third-order valence-electron chi connectivity index (χ3n) is 3.53. The SMILES string of the molecule is CCOC1CC(CC(=O)O)(N(CC)CC)C1. The van der Waals surface area contributed by atoms with E-state index in [2.05, 4.69) is 18.7 Å². The third-order valence-corrected chi connectivity index (χ3v) is 3.53. The van der Waals surface area contributed by atoms with Crippen molar-refractivity contribution in [1.82, 2.24) is 4.90 Å². The van der Waals surface area contributed by atoms with Crippen LogP contribution in [0.15, 0.2) is 0 Å². The molecule has 94 valence electrons. The predicted octanol–water partition coefficient (Wildman–Crippen LogP) is 1.74. The maximum Gasteiger partial charge on any atom is 0.305 e. The first kappa shape index (κ1) is 13.5. The molecule has 4 heteroatoms. The van der Waals surface area contributed by atoms with Gasteiger partial charge in [-0.1, -0.05) is 13.8 Å². The lowest BCUT2D eigenvalue weighted by Gasteiger charge is -2.53. The van der Waals surface area contributed by atoms with Crippen molar-refractivity contribution < 1.29 is 14.6 Å². The first-order valence-electron chi connectivity index (χ1n) is 6.16. The normalized spacial score (nSPS) is 29.1. The van der Waals surface area contributed by atoms with Crippen LogP contribution in [-0.4, -0.2) is 47.3 Å². The summed E-state index contributed by atoms with van der Waals surface area (Å²) in [5, 5.41) is 9.00. The van der Waals surface area contributed by atoms with Crippen LogP contribution in [0.3, 0.4) is 0 Å². The van der Waals surface area contributed by atoms with Crippen LogP contribution in [0.5, 0.6) is 0 Å². The Morgan fingerprint density at radius 3 is 2.31 bits per heavy atom. The highest BCUT2D eigenvalue weighted by molar-refractivity contribution is 5.68. The van der Waals surface area contributed by atoms with Gasteiger partial charge >= 0.3 is 5.97 Å². The summed E-state index contributed by atoms with van der Waals surface area (Å²) in [5.74, 6) is -0.707. The Balaban J connectivity index is 2.62. The van der Waals surface area contributed by atoms with Gasteiger partial charge in [0.2, 0.25) is 0 Å². The molecular formula is C12H23NO3. The van der Waals surface area contributed by atoms with Crippen molar-refractivity contribution in [2.75, 3.05) is 19.7 Å². The molecule has 0 aromatic heterocycles. The van der Waals surface area contributed by atoms with E-state index in [1.807, 2.05) is 6.92 Å². The van der Waals surface area contributed by atoms with Crippen molar-refractivity contribution in [3.05, 3.63) is 0 Å². The smallest absolute Gasteiger partial charge is 0.305 e. The maximum atomic E-state index is 10.9. The van der Waals surface area contributed by atoms with Gasteiger partial charge < -0.3 is 9.84 Å². The minimum Gasteiger partial charge on any atom is -0.481 e. The first-order chi connectivity index (χ1) is 7.57. The largest absolute Gasteiger partial charge is 0.481 e. The minimum absolute atomic E-state index is 0.158. The minimum atomic E-state index is -0.707. The number of carboxylic acids is 1. The molecule has 1 rings (SSSR count). The van der Waals surface area contributed by atoms with Gasteiger partial charge in [-0.3, -0.25) is 9.69 Å². The summed E-state index contributed by atoms with van der Waals surface area (Å²) in [6.45, 7) is 8.67. The van der Waals surface area contributed by atoms with Gasteiger partial charge in [0.15, 0.2) is 0 Å². The van der Waals surface area contributed by atoms with Crippen molar-refractivity contribution >= 4 is 5.97 Å². The maximum absolute atomic E-state index is 10.9. The Hall–Kier alpha value is -0.610. The van der Waals surface area contributed by atoms with E-state index in [-0.39, 0.29) is 18.1 Å². The van der Waals surface area contributed by atoms with Crippen molar-refractivity contribution in [1.29, 1.82) is 0 Å². The van der Waals surface area contributed by atoms with Crippen LogP contribution in [0, 0.1) is 0 Å². The van der Waals surface area contributed by atoms with Crippen LogP contribution in [0.4, 0.5) is 0 Å². The van der Waals surface area contributed by atoms with E-state index in [1.54, 1.807) is 0 Å². The molecular weight excluding hydrogens is 206 g/mol. The molecule has 0 aliphatic heterocycles. The summed E-state index contributed by atoms with van der Waals surface area (Å²) in [6.07, 6.45) is 2.20. The van der Waals surface area contributed by atoms with Gasteiger partial charge in [0.05, 0.1) is 12.5 Å². The van der Waals surface area contributed by atoms with E-state index < -0.39 is 5.97 Å². The van der Waals surface area contributed by atoms with Crippen LogP contribution in [0.25, 0.3) is 0 Å². The molecule has 0 bridgehead atoms. The topological polar surface area (TPSA) is 49.8 Å². The van der Waals surface area contributed by atoms with Gasteiger partial charge in [-0.25, -0.2) is 0 Å². The number of carboxylic acid groups (broad SMARTS) is 1. The summed E-state index contributed by atoms with van der Waals surface area (Å²) in [5.41, 5.74) is -0.158. The molecule has 0 saturated heterocycles. The Morgan fingerprint density at radius 1 is 1.38 bits per heavy atom. The molecule has 16 heavy (non-hydrogen) atoms. The lowest BCUT2D eigenvalue weighted by molar-refractivity contribution is -0.150. The average Bonchev–Trinajstić information content (AvgIpc) is 2.16. The van der Waals surface area contributed by atoms with Gasteiger partial charge in [-0.2, -0.15) is 0 Å². The van der Waals surface area contributed by atoms with Crippen LogP contribution in [0.1, 0.15) is 40.0 Å². The number of carbonyl (C=O) groups is 1. The highest BCUT2D eigenvalue weighted by atomic mass is 16.5. The molecule has 0 aromatic rings. The average molecular weight is 229 g/mol. The molecule has 0 atom stereocenters. The van der Waals surface area contributed by atoms with E-state index in [0.29, 0.717) is 6.61 Å². The molecule has 4 nitrogen and oxygen atoms in total. The molecule has 0 heterocycles. The molecule has 1 aliphatic carbocycles. The number of rotatable bonds is 7. The molecule has 0 unspecified atom stereocenters. The third kappa shape index (κ3) is 2.74. The van der Waals surface area contributed by atoms with Gasteiger partial charge in [-0.15, -0.1) is 0 Å². The number of aliphatic carboxylic acids is 1. The van der Waals surface area contributed by atoms with Gasteiger partial charge in [0, 0.05) is 12.1 Å². The van der Waals surface area contributed by atoms with E-state index >= 15 is 0 Å². The number of ether oxygens (including phenoxy) is 1. The predicted molar refractivity (Wildman–Crippen MR) is 62.6 cm³/mol. The monoisotopic (exact) mass is 229 g/mol. The summed E-state index contributed by atoms with van der Waals surface area (Å²) >= 11 is 0. The second-order valence-corrected chi connectivity index (χ2v) is 4.45. The van der Waals surface area contributed by atoms with Crippen molar-refractivity contribution in [3.63, 3.8) is 0 Å². The van der Waals surface area contributed by atoms with Crippen LogP contribution in [-0.2, 0) is 9.53 Å². The number of nitrogens with zero attached hydrogens (tertiary/aromatic N) is 1. The lowest BCUT2D eigenvalue weighted by Crippen LogP contribution is -2.60. The molecule has 1 fully saturated rings. The van der Waals surface area contributed by atoms with Gasteiger partial charge in [0.1, 0.15) is 0 Å². The standard InChI is InChI=1S/C12H23NO3/c1-4-13(5-2)12(9-11(14)15)7-10(8-12)16-6-3/h10H,4-9H2,1-3H3,(H,14,15). The molecule has 1 saturated carbocycles. The van der Waals surface area contributed by atoms with E-state index in [9.17, 15) is 4.79 Å². The quantitative estimate of drug-likeness (QED) is 0.722. The zero-order valence-corrected chi connectivity index (χ0v) is 10.5. The number of hydrogen-bond acceptors (Lipinski definition) is 3. The fourth-order valence-electron chi connectivity index (χ4n) is 2.83. The second kappa shape index (κ2) is 5.64. The Morgan fingerprint density at radius 2 is 1.94 bits per heavy atom. The highest BCUT2D eigenvalue weighted by Gasteiger charge is 2.49. The fourth-order valence-corrected chi connectivity index (χ4v) is 2.83. The fraction of sp³-hybridized carbons (Fsp3) is 0.917. The summed E-state index contributed by atoms with van der Waals surface area (Å²) in [7, 11) is 0. The number of hydrogen-bond donors (Lipinski definition) is 1. The molecule has 0 spiro atoms. The molecule has 0 aromatic carbocycles. The summed E-state index contributed by atoms with van der Waals surface area (Å²) in [4.78, 5) is 13.2. The first-order valence-corrected chi connectivity index (χ1v) is 6.16. The van der Waals surface area contributed by atoms with Crippen molar-refractivity contribution in [2.45, 2.75) is 51.7 Å². The van der Waals surface area contributed by atoms with Crippen molar-refractivity contribution in [3.8, 4) is 0 Å².